The Kier molecular flexibility index (Phi) is 2.12. The fraction of sp³-hybridized carbons (Fsp3) is 0.500. The van der Waals surface area contributed by atoms with Gasteiger partial charge in [0.25, 0.3) is 0 Å². The highest BCUT2D eigenvalue weighted by Crippen LogP contribution is 2.40. The Bertz CT molecular complexity index is 313. The standard InChI is InChI=1S/C12H17N/c1-8-3-4-9(2)11(7-8)12(13)10-5-6-10/h3-4,7,10,12H,5-6,13H2,1-2H3/t12-/m0/s1. The van der Waals surface area contributed by atoms with E-state index in [0.29, 0.717) is 0 Å². The van der Waals surface area contributed by atoms with Gasteiger partial charge in [-0.3, -0.25) is 0 Å². The smallest absolute Gasteiger partial charge is 0.0326 e. The van der Waals surface area contributed by atoms with Crippen LogP contribution in [0.1, 0.15) is 35.6 Å². The topological polar surface area (TPSA) is 26.0 Å². The highest BCUT2D eigenvalue weighted by molar-refractivity contribution is 5.33. The van der Waals surface area contributed by atoms with Gasteiger partial charge < -0.3 is 5.73 Å². The maximum atomic E-state index is 6.17. The van der Waals surface area contributed by atoms with Gasteiger partial charge in [-0.2, -0.15) is 0 Å². The second kappa shape index (κ2) is 3.15. The van der Waals surface area contributed by atoms with Crippen molar-refractivity contribution in [3.63, 3.8) is 0 Å². The predicted molar refractivity (Wildman–Crippen MR) is 55.6 cm³/mol. The minimum atomic E-state index is 0.278. The number of hydrogen-bond donors (Lipinski definition) is 1. The number of hydrogen-bond acceptors (Lipinski definition) is 1. The van der Waals surface area contributed by atoms with Crippen molar-refractivity contribution < 1.29 is 0 Å². The molecule has 1 aliphatic carbocycles. The number of aryl methyl sites for hydroxylation is 2. The Balaban J connectivity index is 2.31. The zero-order valence-corrected chi connectivity index (χ0v) is 8.38. The second-order valence-corrected chi connectivity index (χ2v) is 4.22. The Morgan fingerprint density at radius 1 is 1.31 bits per heavy atom. The summed E-state index contributed by atoms with van der Waals surface area (Å²) in [6.07, 6.45) is 2.63. The predicted octanol–water partition coefficient (Wildman–Crippen LogP) is 2.71. The van der Waals surface area contributed by atoms with E-state index in [1.54, 1.807) is 0 Å². The van der Waals surface area contributed by atoms with E-state index in [1.807, 2.05) is 0 Å². The van der Waals surface area contributed by atoms with Crippen molar-refractivity contribution in [3.8, 4) is 0 Å². The normalized spacial score (nSPS) is 18.7. The molecule has 2 N–H and O–H groups in total. The molecule has 70 valence electrons. The van der Waals surface area contributed by atoms with Crippen molar-refractivity contribution in [1.82, 2.24) is 0 Å². The van der Waals surface area contributed by atoms with Crippen molar-refractivity contribution in [1.29, 1.82) is 0 Å². The molecule has 1 saturated carbocycles. The van der Waals surface area contributed by atoms with Crippen LogP contribution in [0.5, 0.6) is 0 Å². The van der Waals surface area contributed by atoms with E-state index in [-0.39, 0.29) is 6.04 Å². The molecular formula is C12H17N. The molecule has 1 atom stereocenters. The molecule has 0 radical (unpaired) electrons. The third-order valence-corrected chi connectivity index (χ3v) is 2.92. The van der Waals surface area contributed by atoms with Gasteiger partial charge in [-0.1, -0.05) is 23.8 Å². The lowest BCUT2D eigenvalue weighted by molar-refractivity contribution is 0.629. The van der Waals surface area contributed by atoms with Crippen LogP contribution in [0.25, 0.3) is 0 Å². The Hall–Kier alpha value is -0.820. The fourth-order valence-corrected chi connectivity index (χ4v) is 1.83. The van der Waals surface area contributed by atoms with E-state index in [2.05, 4.69) is 32.0 Å². The van der Waals surface area contributed by atoms with E-state index in [0.717, 1.165) is 5.92 Å². The first-order valence-electron chi connectivity index (χ1n) is 5.01. The van der Waals surface area contributed by atoms with Gasteiger partial charge in [-0.25, -0.2) is 0 Å². The third kappa shape index (κ3) is 1.75. The Morgan fingerprint density at radius 2 is 2.00 bits per heavy atom. The molecule has 0 saturated heterocycles. The van der Waals surface area contributed by atoms with Crippen LogP contribution in [0.2, 0.25) is 0 Å². The molecule has 1 nitrogen and oxygen atoms in total. The molecule has 1 aliphatic rings. The van der Waals surface area contributed by atoms with E-state index in [4.69, 9.17) is 5.73 Å². The van der Waals surface area contributed by atoms with Crippen LogP contribution < -0.4 is 5.73 Å². The van der Waals surface area contributed by atoms with Crippen LogP contribution in [0.3, 0.4) is 0 Å². The Labute approximate surface area is 80.0 Å². The van der Waals surface area contributed by atoms with E-state index in [1.165, 1.54) is 29.5 Å². The van der Waals surface area contributed by atoms with E-state index >= 15 is 0 Å². The van der Waals surface area contributed by atoms with Gasteiger partial charge in [0.05, 0.1) is 0 Å². The molecule has 0 amide bonds. The molecule has 1 fully saturated rings. The lowest BCUT2D eigenvalue weighted by atomic mass is 9.97. The summed E-state index contributed by atoms with van der Waals surface area (Å²) in [5.74, 6) is 0.750. The molecule has 1 aromatic carbocycles. The molecule has 0 unspecified atom stereocenters. The summed E-state index contributed by atoms with van der Waals surface area (Å²) < 4.78 is 0. The quantitative estimate of drug-likeness (QED) is 0.734. The maximum Gasteiger partial charge on any atom is 0.0326 e. The first-order chi connectivity index (χ1) is 6.18. The van der Waals surface area contributed by atoms with Crippen molar-refractivity contribution in [3.05, 3.63) is 34.9 Å². The molecule has 2 rings (SSSR count). The molecule has 0 bridgehead atoms. The molecule has 13 heavy (non-hydrogen) atoms. The number of benzene rings is 1. The minimum absolute atomic E-state index is 0.278. The third-order valence-electron chi connectivity index (χ3n) is 2.92. The zero-order valence-electron chi connectivity index (χ0n) is 8.38. The summed E-state index contributed by atoms with van der Waals surface area (Å²) in [6, 6.07) is 6.84. The van der Waals surface area contributed by atoms with Gasteiger partial charge in [0.15, 0.2) is 0 Å². The summed E-state index contributed by atoms with van der Waals surface area (Å²) >= 11 is 0. The average molecular weight is 175 g/mol. The molecule has 0 aliphatic heterocycles. The Morgan fingerprint density at radius 3 is 2.62 bits per heavy atom. The molecule has 0 spiro atoms. The number of nitrogens with two attached hydrogens (primary N) is 1. The molecular weight excluding hydrogens is 158 g/mol. The first kappa shape index (κ1) is 8.76. The summed E-state index contributed by atoms with van der Waals surface area (Å²) in [6.45, 7) is 4.28. The lowest BCUT2D eigenvalue weighted by Gasteiger charge is -2.14. The van der Waals surface area contributed by atoms with Gasteiger partial charge in [0, 0.05) is 6.04 Å². The van der Waals surface area contributed by atoms with Crippen LogP contribution in [-0.2, 0) is 0 Å². The highest BCUT2D eigenvalue weighted by atomic mass is 14.7. The van der Waals surface area contributed by atoms with Gasteiger partial charge in [-0.15, -0.1) is 0 Å². The second-order valence-electron chi connectivity index (χ2n) is 4.22. The fourth-order valence-electron chi connectivity index (χ4n) is 1.83. The van der Waals surface area contributed by atoms with Gasteiger partial charge in [-0.05, 0) is 43.7 Å². The van der Waals surface area contributed by atoms with Gasteiger partial charge in [0.2, 0.25) is 0 Å². The summed E-state index contributed by atoms with van der Waals surface area (Å²) in [5.41, 5.74) is 10.2. The van der Waals surface area contributed by atoms with Crippen molar-refractivity contribution in [2.75, 3.05) is 0 Å². The van der Waals surface area contributed by atoms with Crippen LogP contribution in [-0.4, -0.2) is 0 Å². The monoisotopic (exact) mass is 175 g/mol. The highest BCUT2D eigenvalue weighted by Gasteiger charge is 2.30. The largest absolute Gasteiger partial charge is 0.324 e. The molecule has 0 aromatic heterocycles. The SMILES string of the molecule is Cc1ccc(C)c([C@@H](N)C2CC2)c1. The molecule has 1 aromatic rings. The molecule has 0 heterocycles. The van der Waals surface area contributed by atoms with Gasteiger partial charge >= 0.3 is 0 Å². The van der Waals surface area contributed by atoms with Crippen molar-refractivity contribution >= 4 is 0 Å². The maximum absolute atomic E-state index is 6.17. The average Bonchev–Trinajstić information content (AvgIpc) is 2.91. The summed E-state index contributed by atoms with van der Waals surface area (Å²) in [5, 5.41) is 0. The van der Waals surface area contributed by atoms with Crippen LogP contribution >= 0.6 is 0 Å². The number of rotatable bonds is 2. The van der Waals surface area contributed by atoms with Crippen LogP contribution in [0.15, 0.2) is 18.2 Å². The van der Waals surface area contributed by atoms with E-state index in [9.17, 15) is 0 Å². The van der Waals surface area contributed by atoms with Crippen LogP contribution in [0, 0.1) is 19.8 Å². The van der Waals surface area contributed by atoms with Gasteiger partial charge in [0.1, 0.15) is 0 Å². The summed E-state index contributed by atoms with van der Waals surface area (Å²) in [4.78, 5) is 0. The summed E-state index contributed by atoms with van der Waals surface area (Å²) in [7, 11) is 0. The first-order valence-corrected chi connectivity index (χ1v) is 5.01. The van der Waals surface area contributed by atoms with E-state index < -0.39 is 0 Å². The molecule has 1 heteroatoms. The van der Waals surface area contributed by atoms with Crippen molar-refractivity contribution in [2.45, 2.75) is 32.7 Å². The minimum Gasteiger partial charge on any atom is -0.324 e. The zero-order chi connectivity index (χ0) is 9.42. The van der Waals surface area contributed by atoms with Crippen LogP contribution in [0.4, 0.5) is 0 Å². The lowest BCUT2D eigenvalue weighted by Crippen LogP contribution is -2.13. The van der Waals surface area contributed by atoms with Crippen molar-refractivity contribution in [2.24, 2.45) is 11.7 Å².